The van der Waals surface area contributed by atoms with E-state index in [1.165, 1.54) is 0 Å². The Morgan fingerprint density at radius 3 is 2.54 bits per heavy atom. The van der Waals surface area contributed by atoms with Gasteiger partial charge < -0.3 is 14.9 Å². The molecule has 2 N–H and O–H groups in total. The van der Waals surface area contributed by atoms with Crippen molar-refractivity contribution in [2.45, 2.75) is 70.0 Å². The number of hydrogen-bond acceptors (Lipinski definition) is 3. The quantitative estimate of drug-likeness (QED) is 0.745. The van der Waals surface area contributed by atoms with Crippen molar-refractivity contribution in [3.63, 3.8) is 0 Å². The van der Waals surface area contributed by atoms with Crippen LogP contribution in [0, 0.1) is 52.3 Å². The van der Waals surface area contributed by atoms with Crippen LogP contribution in [0.4, 0.5) is 0 Å². The normalized spacial score (nSPS) is 59.5. The van der Waals surface area contributed by atoms with Crippen LogP contribution >= 0.6 is 0 Å². The first kappa shape index (κ1) is 17.1. The molecule has 0 radical (unpaired) electrons. The lowest BCUT2D eigenvalue weighted by molar-refractivity contribution is -0.199. The first-order chi connectivity index (χ1) is 12.3. The van der Waals surface area contributed by atoms with Gasteiger partial charge in [-0.2, -0.15) is 0 Å². The molecule has 0 aromatic rings. The van der Waals surface area contributed by atoms with E-state index in [2.05, 4.69) is 12.8 Å². The summed E-state index contributed by atoms with van der Waals surface area (Å²) in [7, 11) is 1.76. The Balaban J connectivity index is 1.61. The van der Waals surface area contributed by atoms with Crippen LogP contribution in [-0.4, -0.2) is 35.0 Å². The van der Waals surface area contributed by atoms with Gasteiger partial charge in [0.15, 0.2) is 0 Å². The number of hydrogen-bond donors (Lipinski definition) is 2. The molecule has 0 heterocycles. The van der Waals surface area contributed by atoms with E-state index in [9.17, 15) is 15.0 Å². The largest absolute Gasteiger partial charge is 0.481 e. The Labute approximate surface area is 155 Å². The second-order valence-corrected chi connectivity index (χ2v) is 10.1. The van der Waals surface area contributed by atoms with Gasteiger partial charge >= 0.3 is 5.97 Å². The summed E-state index contributed by atoms with van der Waals surface area (Å²) < 4.78 is 5.97. The van der Waals surface area contributed by atoms with Crippen molar-refractivity contribution in [2.24, 2.45) is 39.9 Å². The zero-order valence-corrected chi connectivity index (χ0v) is 15.8. The van der Waals surface area contributed by atoms with Gasteiger partial charge in [0.1, 0.15) is 5.60 Å². The topological polar surface area (TPSA) is 66.8 Å². The van der Waals surface area contributed by atoms with Crippen LogP contribution in [0.5, 0.6) is 0 Å². The van der Waals surface area contributed by atoms with Crippen LogP contribution < -0.4 is 0 Å². The number of ether oxygens (including phenoxy) is 1. The van der Waals surface area contributed by atoms with Gasteiger partial charge in [-0.25, -0.2) is 0 Å². The van der Waals surface area contributed by atoms with Crippen molar-refractivity contribution in [2.75, 3.05) is 7.11 Å². The summed E-state index contributed by atoms with van der Waals surface area (Å²) in [4.78, 5) is 12.7. The highest BCUT2D eigenvalue weighted by atomic mass is 16.5. The van der Waals surface area contributed by atoms with E-state index >= 15 is 0 Å². The van der Waals surface area contributed by atoms with Gasteiger partial charge in [0, 0.05) is 17.9 Å². The maximum Gasteiger partial charge on any atom is 0.310 e. The number of methoxy groups -OCH3 is 1. The van der Waals surface area contributed by atoms with E-state index in [-0.39, 0.29) is 22.9 Å². The predicted octanol–water partition coefficient (Wildman–Crippen LogP) is 3.08. The molecule has 0 amide bonds. The third-order valence-electron chi connectivity index (χ3n) is 10.1. The number of aliphatic carboxylic acids is 1. The van der Waals surface area contributed by atoms with Crippen LogP contribution in [0.2, 0.25) is 0 Å². The Morgan fingerprint density at radius 2 is 1.92 bits per heavy atom. The SMILES string of the molecule is C#C[C@]1(O)CC[C@H]2[C@@H]3C[C@@H](OC)[C@]45C[C@H]4CC[C@]5(C(=O)O)[C@H]3CC[C@@]21C. The summed E-state index contributed by atoms with van der Waals surface area (Å²) in [6, 6.07) is 0. The Hall–Kier alpha value is -1.05. The third-order valence-corrected chi connectivity index (χ3v) is 10.1. The molecule has 0 aliphatic heterocycles. The number of carboxylic acid groups (broad SMARTS) is 1. The summed E-state index contributed by atoms with van der Waals surface area (Å²) in [5.41, 5.74) is -2.11. The minimum absolute atomic E-state index is 0.0363. The Bertz CT molecular complexity index is 711. The molecule has 5 aliphatic carbocycles. The van der Waals surface area contributed by atoms with Crippen LogP contribution in [0.25, 0.3) is 0 Å². The fourth-order valence-electron chi connectivity index (χ4n) is 8.81. The van der Waals surface area contributed by atoms with Crippen molar-refractivity contribution in [3.05, 3.63) is 0 Å². The van der Waals surface area contributed by atoms with Crippen molar-refractivity contribution < 1.29 is 19.7 Å². The highest BCUT2D eigenvalue weighted by Gasteiger charge is 2.82. The van der Waals surface area contributed by atoms with Crippen molar-refractivity contribution in [3.8, 4) is 12.3 Å². The van der Waals surface area contributed by atoms with Gasteiger partial charge in [0.2, 0.25) is 0 Å². The number of carboxylic acids is 1. The van der Waals surface area contributed by atoms with Crippen molar-refractivity contribution >= 4 is 5.97 Å². The average molecular weight is 358 g/mol. The predicted molar refractivity (Wildman–Crippen MR) is 96.1 cm³/mol. The van der Waals surface area contributed by atoms with Gasteiger partial charge in [-0.05, 0) is 75.0 Å². The highest BCUT2D eigenvalue weighted by molar-refractivity contribution is 5.79. The van der Waals surface area contributed by atoms with Gasteiger partial charge in [0.25, 0.3) is 0 Å². The molecule has 0 bridgehead atoms. The van der Waals surface area contributed by atoms with Crippen molar-refractivity contribution in [1.29, 1.82) is 0 Å². The summed E-state index contributed by atoms with van der Waals surface area (Å²) in [5, 5.41) is 21.6. The van der Waals surface area contributed by atoms with Crippen LogP contribution in [0.3, 0.4) is 0 Å². The van der Waals surface area contributed by atoms with Gasteiger partial charge in [-0.15, -0.1) is 6.42 Å². The van der Waals surface area contributed by atoms with Crippen LogP contribution in [0.1, 0.15) is 58.3 Å². The number of rotatable bonds is 2. The molecular formula is C22H30O4. The highest BCUT2D eigenvalue weighted by Crippen LogP contribution is 2.82. The number of aliphatic hydroxyl groups is 1. The smallest absolute Gasteiger partial charge is 0.310 e. The number of terminal acetylenes is 1. The molecule has 5 aliphatic rings. The number of fused-ring (bicyclic) bond motifs is 4. The lowest BCUT2D eigenvalue weighted by atomic mass is 9.44. The lowest BCUT2D eigenvalue weighted by Gasteiger charge is -2.60. The zero-order chi connectivity index (χ0) is 18.5. The molecule has 5 saturated carbocycles. The average Bonchev–Trinajstić information content (AvgIpc) is 3.14. The first-order valence-electron chi connectivity index (χ1n) is 10.3. The Kier molecular flexibility index (Phi) is 3.19. The molecule has 1 spiro atoms. The van der Waals surface area contributed by atoms with Crippen LogP contribution in [0.15, 0.2) is 0 Å². The minimum Gasteiger partial charge on any atom is -0.481 e. The van der Waals surface area contributed by atoms with E-state index in [4.69, 9.17) is 11.2 Å². The van der Waals surface area contributed by atoms with Gasteiger partial charge in [-0.1, -0.05) is 12.8 Å². The molecule has 0 saturated heterocycles. The lowest BCUT2D eigenvalue weighted by Crippen LogP contribution is -2.62. The summed E-state index contributed by atoms with van der Waals surface area (Å²) in [6.45, 7) is 2.15. The molecule has 5 rings (SSSR count). The molecule has 0 aromatic carbocycles. The van der Waals surface area contributed by atoms with Crippen LogP contribution in [-0.2, 0) is 9.53 Å². The van der Waals surface area contributed by atoms with E-state index in [1.54, 1.807) is 7.11 Å². The summed E-state index contributed by atoms with van der Waals surface area (Å²) in [5.74, 6) is 3.44. The van der Waals surface area contributed by atoms with E-state index in [1.807, 2.05) is 0 Å². The van der Waals surface area contributed by atoms with Gasteiger partial charge in [-0.3, -0.25) is 4.79 Å². The third kappa shape index (κ3) is 1.53. The minimum atomic E-state index is -1.05. The molecule has 0 unspecified atom stereocenters. The molecule has 26 heavy (non-hydrogen) atoms. The standard InChI is InChI=1S/C22H30O4/c1-4-20(25)9-7-15-14-11-17(26-3)22-12-13(22)5-10-21(22,18(23)24)16(14)6-8-19(15,20)2/h1,13-17,25H,5-12H2,2-3H3,(H,23,24)/t13-,14+,15+,16+,17-,19+,20+,21-,22+/m1/s1. The summed E-state index contributed by atoms with van der Waals surface area (Å²) in [6.07, 6.45) is 12.8. The fraction of sp³-hybridized carbons (Fsp3) is 0.864. The molecule has 5 fully saturated rings. The van der Waals surface area contributed by atoms with E-state index < -0.39 is 17.0 Å². The molecule has 0 aromatic heterocycles. The van der Waals surface area contributed by atoms with Crippen molar-refractivity contribution in [1.82, 2.24) is 0 Å². The summed E-state index contributed by atoms with van der Waals surface area (Å²) >= 11 is 0. The first-order valence-corrected chi connectivity index (χ1v) is 10.3. The van der Waals surface area contributed by atoms with Gasteiger partial charge in [0.05, 0.1) is 11.5 Å². The zero-order valence-electron chi connectivity index (χ0n) is 15.8. The maximum absolute atomic E-state index is 12.7. The number of carbonyl (C=O) groups is 1. The van der Waals surface area contributed by atoms with E-state index in [0.717, 1.165) is 44.9 Å². The molecule has 142 valence electrons. The fourth-order valence-corrected chi connectivity index (χ4v) is 8.81. The second kappa shape index (κ2) is 4.86. The monoisotopic (exact) mass is 358 g/mol. The molecule has 4 heteroatoms. The van der Waals surface area contributed by atoms with E-state index in [0.29, 0.717) is 24.2 Å². The molecule has 4 nitrogen and oxygen atoms in total. The molecular weight excluding hydrogens is 328 g/mol. The molecule has 9 atom stereocenters. The second-order valence-electron chi connectivity index (χ2n) is 10.1. The Morgan fingerprint density at radius 1 is 1.19 bits per heavy atom. The maximum atomic E-state index is 12.7.